The van der Waals surface area contributed by atoms with Gasteiger partial charge in [0.15, 0.2) is 0 Å². The Morgan fingerprint density at radius 3 is 2.33 bits per heavy atom. The van der Waals surface area contributed by atoms with Crippen LogP contribution in [-0.2, 0) is 0 Å². The zero-order valence-corrected chi connectivity index (χ0v) is 10.1. The Balaban J connectivity index is 3.73. The molecule has 0 aliphatic heterocycles. The first-order valence-corrected chi connectivity index (χ1v) is 5.86. The van der Waals surface area contributed by atoms with Gasteiger partial charge in [-0.05, 0) is 32.4 Å². The van der Waals surface area contributed by atoms with E-state index in [4.69, 9.17) is 5.11 Å². The predicted molar refractivity (Wildman–Crippen MR) is 62.3 cm³/mol. The maximum absolute atomic E-state index is 10.2. The second-order valence-electron chi connectivity index (χ2n) is 3.66. The van der Waals surface area contributed by atoms with Crippen molar-refractivity contribution in [1.82, 2.24) is 10.2 Å². The minimum Gasteiger partial charge on any atom is -0.465 e. The largest absolute Gasteiger partial charge is 0.465 e. The Bertz CT molecular complexity index is 170. The molecule has 0 fully saturated rings. The second-order valence-corrected chi connectivity index (χ2v) is 3.66. The third-order valence-electron chi connectivity index (χ3n) is 2.79. The number of rotatable bonds is 8. The fourth-order valence-electron chi connectivity index (χ4n) is 1.92. The maximum atomic E-state index is 10.2. The Hall–Kier alpha value is -0.770. The van der Waals surface area contributed by atoms with Crippen LogP contribution in [0.15, 0.2) is 0 Å². The fraction of sp³-hybridized carbons (Fsp3) is 0.909. The van der Waals surface area contributed by atoms with Gasteiger partial charge < -0.3 is 15.3 Å². The molecule has 0 aromatic rings. The zero-order valence-electron chi connectivity index (χ0n) is 10.1. The maximum Gasteiger partial charge on any atom is 0.404 e. The van der Waals surface area contributed by atoms with Gasteiger partial charge in [-0.2, -0.15) is 0 Å². The summed E-state index contributed by atoms with van der Waals surface area (Å²) in [6.07, 6.45) is 2.19. The van der Waals surface area contributed by atoms with Crippen molar-refractivity contribution < 1.29 is 9.90 Å². The Morgan fingerprint density at radius 2 is 1.93 bits per heavy atom. The first-order valence-electron chi connectivity index (χ1n) is 5.86. The van der Waals surface area contributed by atoms with Crippen LogP contribution < -0.4 is 5.32 Å². The van der Waals surface area contributed by atoms with Gasteiger partial charge in [0.1, 0.15) is 0 Å². The Labute approximate surface area is 92.7 Å². The third kappa shape index (κ3) is 6.33. The number of amides is 1. The van der Waals surface area contributed by atoms with E-state index in [0.29, 0.717) is 12.6 Å². The molecule has 0 aliphatic rings. The highest BCUT2D eigenvalue weighted by atomic mass is 16.4. The Kier molecular flexibility index (Phi) is 8.09. The van der Waals surface area contributed by atoms with Crippen molar-refractivity contribution in [1.29, 1.82) is 0 Å². The number of nitrogens with zero attached hydrogens (tertiary/aromatic N) is 1. The topological polar surface area (TPSA) is 52.6 Å². The van der Waals surface area contributed by atoms with Gasteiger partial charge in [0.25, 0.3) is 0 Å². The molecule has 0 aliphatic carbocycles. The van der Waals surface area contributed by atoms with Gasteiger partial charge in [-0.25, -0.2) is 4.79 Å². The number of carboxylic acid groups (broad SMARTS) is 1. The van der Waals surface area contributed by atoms with Gasteiger partial charge >= 0.3 is 6.09 Å². The molecular weight excluding hydrogens is 192 g/mol. The lowest BCUT2D eigenvalue weighted by atomic mass is 10.1. The summed E-state index contributed by atoms with van der Waals surface area (Å²) in [6, 6.07) is 0.593. The fourth-order valence-corrected chi connectivity index (χ4v) is 1.92. The van der Waals surface area contributed by atoms with Crippen molar-refractivity contribution in [2.75, 3.05) is 19.6 Å². The van der Waals surface area contributed by atoms with E-state index >= 15 is 0 Å². The highest BCUT2D eigenvalue weighted by molar-refractivity contribution is 5.64. The lowest BCUT2D eigenvalue weighted by molar-refractivity contribution is 0.188. The van der Waals surface area contributed by atoms with E-state index in [1.807, 2.05) is 0 Å². The lowest BCUT2D eigenvalue weighted by Crippen LogP contribution is -2.35. The molecule has 0 heterocycles. The van der Waals surface area contributed by atoms with Crippen LogP contribution in [0.1, 0.15) is 40.0 Å². The normalized spacial score (nSPS) is 12.8. The van der Waals surface area contributed by atoms with Gasteiger partial charge in [-0.3, -0.25) is 0 Å². The van der Waals surface area contributed by atoms with Crippen LogP contribution in [0.2, 0.25) is 0 Å². The van der Waals surface area contributed by atoms with E-state index in [2.05, 4.69) is 31.0 Å². The smallest absolute Gasteiger partial charge is 0.404 e. The van der Waals surface area contributed by atoms with E-state index in [0.717, 1.165) is 32.4 Å². The van der Waals surface area contributed by atoms with Gasteiger partial charge in [0.2, 0.25) is 0 Å². The SMILES string of the molecule is CCC(CCCNC(=O)O)N(CC)CC. The third-order valence-corrected chi connectivity index (χ3v) is 2.79. The van der Waals surface area contributed by atoms with Crippen LogP contribution in [0, 0.1) is 0 Å². The number of carbonyl (C=O) groups is 1. The summed E-state index contributed by atoms with van der Waals surface area (Å²) in [7, 11) is 0. The van der Waals surface area contributed by atoms with Crippen molar-refractivity contribution >= 4 is 6.09 Å². The van der Waals surface area contributed by atoms with E-state index in [1.165, 1.54) is 0 Å². The summed E-state index contributed by atoms with van der Waals surface area (Å²) >= 11 is 0. The van der Waals surface area contributed by atoms with Crippen LogP contribution in [0.3, 0.4) is 0 Å². The molecule has 1 amide bonds. The summed E-state index contributed by atoms with van der Waals surface area (Å²) in [6.45, 7) is 9.23. The van der Waals surface area contributed by atoms with Crippen molar-refractivity contribution in [3.8, 4) is 0 Å². The van der Waals surface area contributed by atoms with Gasteiger partial charge in [0.05, 0.1) is 0 Å². The standard InChI is InChI=1S/C11H24N2O2/c1-4-10(13(5-2)6-3)8-7-9-12-11(14)15/h10,12H,4-9H2,1-3H3,(H,14,15). The van der Waals surface area contributed by atoms with Crippen molar-refractivity contribution in [3.05, 3.63) is 0 Å². The molecule has 2 N–H and O–H groups in total. The molecule has 0 saturated carbocycles. The zero-order chi connectivity index (χ0) is 11.7. The van der Waals surface area contributed by atoms with Gasteiger partial charge in [-0.1, -0.05) is 20.8 Å². The van der Waals surface area contributed by atoms with Crippen LogP contribution in [0.25, 0.3) is 0 Å². The molecule has 0 saturated heterocycles. The van der Waals surface area contributed by atoms with Crippen LogP contribution in [-0.4, -0.2) is 41.8 Å². The van der Waals surface area contributed by atoms with E-state index in [9.17, 15) is 4.79 Å². The average molecular weight is 216 g/mol. The molecule has 4 heteroatoms. The first-order chi connectivity index (χ1) is 7.15. The summed E-state index contributed by atoms with van der Waals surface area (Å²) < 4.78 is 0. The number of nitrogens with one attached hydrogen (secondary N) is 1. The first kappa shape index (κ1) is 14.2. The molecule has 0 radical (unpaired) electrons. The van der Waals surface area contributed by atoms with E-state index < -0.39 is 6.09 Å². The van der Waals surface area contributed by atoms with Gasteiger partial charge in [0, 0.05) is 12.6 Å². The van der Waals surface area contributed by atoms with Crippen molar-refractivity contribution in [2.45, 2.75) is 46.1 Å². The van der Waals surface area contributed by atoms with Crippen molar-refractivity contribution in [2.24, 2.45) is 0 Å². The molecule has 15 heavy (non-hydrogen) atoms. The molecule has 0 spiro atoms. The second kappa shape index (κ2) is 8.53. The molecule has 0 bridgehead atoms. The van der Waals surface area contributed by atoms with Crippen LogP contribution in [0.5, 0.6) is 0 Å². The highest BCUT2D eigenvalue weighted by Gasteiger charge is 2.12. The van der Waals surface area contributed by atoms with Crippen LogP contribution >= 0.6 is 0 Å². The monoisotopic (exact) mass is 216 g/mol. The molecular formula is C11H24N2O2. The van der Waals surface area contributed by atoms with Crippen molar-refractivity contribution in [3.63, 3.8) is 0 Å². The summed E-state index contributed by atoms with van der Waals surface area (Å²) in [5.74, 6) is 0. The van der Waals surface area contributed by atoms with Gasteiger partial charge in [-0.15, -0.1) is 0 Å². The molecule has 1 atom stereocenters. The van der Waals surface area contributed by atoms with E-state index in [1.54, 1.807) is 0 Å². The number of hydrogen-bond acceptors (Lipinski definition) is 2. The average Bonchev–Trinajstić information content (AvgIpc) is 2.22. The predicted octanol–water partition coefficient (Wildman–Crippen LogP) is 2.15. The molecule has 90 valence electrons. The molecule has 4 nitrogen and oxygen atoms in total. The quantitative estimate of drug-likeness (QED) is 0.611. The molecule has 0 rings (SSSR count). The summed E-state index contributed by atoms with van der Waals surface area (Å²) in [5.41, 5.74) is 0. The number of hydrogen-bond donors (Lipinski definition) is 2. The molecule has 1 unspecified atom stereocenters. The minimum atomic E-state index is -0.925. The highest BCUT2D eigenvalue weighted by Crippen LogP contribution is 2.10. The molecule has 0 aromatic carbocycles. The van der Waals surface area contributed by atoms with E-state index in [-0.39, 0.29) is 0 Å². The van der Waals surface area contributed by atoms with Crippen LogP contribution in [0.4, 0.5) is 4.79 Å². The molecule has 0 aromatic heterocycles. The lowest BCUT2D eigenvalue weighted by Gasteiger charge is -2.28. The minimum absolute atomic E-state index is 0.563. The summed E-state index contributed by atoms with van der Waals surface area (Å²) in [5, 5.41) is 10.8. The summed E-state index contributed by atoms with van der Waals surface area (Å²) in [4.78, 5) is 12.7. The Morgan fingerprint density at radius 1 is 1.33 bits per heavy atom.